The average Bonchev–Trinajstić information content (AvgIpc) is 3.09. The van der Waals surface area contributed by atoms with Gasteiger partial charge < -0.3 is 9.90 Å². The minimum atomic E-state index is -4.60. The quantitative estimate of drug-likeness (QED) is 0.129. The van der Waals surface area contributed by atoms with Crippen molar-refractivity contribution in [2.75, 3.05) is 10.9 Å². The molecule has 0 saturated carbocycles. The predicted octanol–water partition coefficient (Wildman–Crippen LogP) is 4.70. The van der Waals surface area contributed by atoms with Gasteiger partial charge in [0, 0.05) is 39.3 Å². The van der Waals surface area contributed by atoms with Crippen molar-refractivity contribution in [3.8, 4) is 0 Å². The Hall–Kier alpha value is -3.71. The molecule has 4 atom stereocenters. The number of allylic oxidation sites excluding steroid dienone is 11. The van der Waals surface area contributed by atoms with Crippen LogP contribution >= 0.6 is 23.2 Å². The smallest absolute Gasteiger partial charge is 0.545 e. The van der Waals surface area contributed by atoms with E-state index in [1.54, 1.807) is 44.2 Å². The molecule has 0 spiro atoms. The monoisotopic (exact) mass is 855 g/mol. The number of anilines is 2. The molecule has 0 heterocycles. The zero-order valence-corrected chi connectivity index (χ0v) is 33.7. The molecule has 55 heavy (non-hydrogen) atoms. The maximum atomic E-state index is 12.5. The number of halogens is 2. The molecule has 0 amide bonds. The van der Waals surface area contributed by atoms with Gasteiger partial charge in [-0.1, -0.05) is 91.4 Å². The minimum Gasteiger partial charge on any atom is -0.545 e. The Morgan fingerprint density at radius 3 is 1.64 bits per heavy atom. The van der Waals surface area contributed by atoms with E-state index in [1.165, 1.54) is 30.4 Å². The summed E-state index contributed by atoms with van der Waals surface area (Å²) in [4.78, 5) is 35.1. The summed E-state index contributed by atoms with van der Waals surface area (Å²) in [6.45, 7) is 3.17. The Balaban J connectivity index is 0.000000287. The normalized spacial score (nSPS) is 22.4. The molecule has 2 aromatic rings. The van der Waals surface area contributed by atoms with E-state index in [-0.39, 0.29) is 95.5 Å². The van der Waals surface area contributed by atoms with Crippen LogP contribution in [-0.2, 0) is 34.6 Å². The number of nitrogens with one attached hydrogen (secondary N) is 2. The second-order valence-electron chi connectivity index (χ2n) is 12.0. The first kappa shape index (κ1) is 45.7. The summed E-state index contributed by atoms with van der Waals surface area (Å²) in [5.41, 5.74) is 5.33. The van der Waals surface area contributed by atoms with Gasteiger partial charge >= 0.3 is 37.7 Å². The fourth-order valence-electron chi connectivity index (χ4n) is 5.71. The van der Waals surface area contributed by atoms with Crippen LogP contribution in [0.3, 0.4) is 0 Å². The van der Waals surface area contributed by atoms with Gasteiger partial charge in [-0.15, -0.1) is 0 Å². The molecule has 0 bridgehead atoms. The molecule has 6 rings (SSSR count). The largest absolute Gasteiger partial charge is 2.00 e. The van der Waals surface area contributed by atoms with Crippen LogP contribution in [0.5, 0.6) is 0 Å². The number of carboxylic acids is 1. The number of fused-ring (bicyclic) bond motifs is 2. The van der Waals surface area contributed by atoms with E-state index in [9.17, 15) is 45.4 Å². The fraction of sp³-hybridized carbons (Fsp3) is 0.194. The third-order valence-corrected chi connectivity index (χ3v) is 11.0. The van der Waals surface area contributed by atoms with E-state index in [2.05, 4.69) is 21.1 Å². The summed E-state index contributed by atoms with van der Waals surface area (Å²) in [7, 11) is -9.08. The van der Waals surface area contributed by atoms with Gasteiger partial charge in [0.15, 0.2) is 0 Å². The van der Waals surface area contributed by atoms with Gasteiger partial charge in [-0.05, 0) is 55.3 Å². The maximum Gasteiger partial charge on any atom is 2.00 e. The molecule has 19 heteroatoms. The maximum absolute atomic E-state index is 12.5. The second kappa shape index (κ2) is 18.5. The number of rotatable bonds is 7. The van der Waals surface area contributed by atoms with Crippen molar-refractivity contribution in [3.05, 3.63) is 118 Å². The first-order valence-electron chi connectivity index (χ1n) is 15.5. The topological polar surface area (TPSA) is 232 Å². The first-order chi connectivity index (χ1) is 24.9. The summed E-state index contributed by atoms with van der Waals surface area (Å²) in [5, 5.41) is 19.9. The van der Waals surface area contributed by atoms with Crippen molar-refractivity contribution in [2.45, 2.75) is 31.1 Å². The van der Waals surface area contributed by atoms with Crippen molar-refractivity contribution in [1.29, 1.82) is 0 Å². The van der Waals surface area contributed by atoms with Crippen LogP contribution in [0.1, 0.15) is 18.6 Å². The molecule has 4 unspecified atom stereocenters. The number of aliphatic carboxylic acids is 1. The molecule has 4 N–H and O–H groups in total. The third kappa shape index (κ3) is 10.6. The number of hydrogen-bond acceptors (Lipinski definition) is 12. The third-order valence-electron chi connectivity index (χ3n) is 8.44. The van der Waals surface area contributed by atoms with Crippen LogP contribution < -0.4 is 16.0 Å². The van der Waals surface area contributed by atoms with Crippen LogP contribution in [0.2, 0.25) is 10.0 Å². The summed E-state index contributed by atoms with van der Waals surface area (Å²) in [6, 6.07) is 4.98. The van der Waals surface area contributed by atoms with Crippen LogP contribution in [0.4, 0.5) is 11.4 Å². The van der Waals surface area contributed by atoms with E-state index in [1.807, 2.05) is 24.3 Å². The number of aryl methyl sites for hydroxylation is 2. The number of hydrogen-bond donors (Lipinski definition) is 4. The SMILES string of the molecule is C.Cc1cc(S(=O)(=O)O)c(N/N=C2\C(=O)C(C(=O)[O-])=CC3C=CC=CC23)cc1Cl.Cc1cc(S(=O)(=O)O)c(N/N=C2\C(=O)C=CC3C=CC=CC23)cc1Cl.[Ca+2]. The molecule has 2 aromatic carbocycles. The summed E-state index contributed by atoms with van der Waals surface area (Å²) in [6.07, 6.45) is 18.9. The van der Waals surface area contributed by atoms with E-state index >= 15 is 0 Å². The molecule has 284 valence electrons. The van der Waals surface area contributed by atoms with Gasteiger partial charge in [0.25, 0.3) is 20.2 Å². The van der Waals surface area contributed by atoms with Crippen LogP contribution in [0, 0.1) is 37.5 Å². The Labute approximate surface area is 357 Å². The minimum absolute atomic E-state index is 0. The molecular formula is C36H33CaCl2N4O10S2+. The average molecular weight is 857 g/mol. The number of nitrogens with zero attached hydrogens (tertiary/aromatic N) is 2. The van der Waals surface area contributed by atoms with Crippen molar-refractivity contribution < 1.29 is 45.4 Å². The number of carbonyl (C=O) groups is 3. The van der Waals surface area contributed by atoms with Crippen molar-refractivity contribution >= 4 is 122 Å². The van der Waals surface area contributed by atoms with Gasteiger partial charge in [-0.25, -0.2) is 0 Å². The first-order valence-corrected chi connectivity index (χ1v) is 19.1. The number of ketones is 2. The summed E-state index contributed by atoms with van der Waals surface area (Å²) < 4.78 is 65.3. The molecule has 0 saturated heterocycles. The van der Waals surface area contributed by atoms with Crippen molar-refractivity contribution in [2.24, 2.45) is 33.9 Å². The number of benzene rings is 2. The Bertz CT molecular complexity index is 2400. The molecule has 14 nitrogen and oxygen atoms in total. The summed E-state index contributed by atoms with van der Waals surface area (Å²) in [5.74, 6) is -3.91. The zero-order chi connectivity index (χ0) is 38.8. The molecule has 4 aliphatic rings. The van der Waals surface area contributed by atoms with Crippen molar-refractivity contribution in [3.63, 3.8) is 0 Å². The zero-order valence-electron chi connectivity index (χ0n) is 28.3. The number of hydrazone groups is 2. The Morgan fingerprint density at radius 2 is 1.16 bits per heavy atom. The molecule has 0 fully saturated rings. The van der Waals surface area contributed by atoms with Gasteiger partial charge in [0.05, 0.1) is 17.3 Å². The molecule has 4 aliphatic carbocycles. The van der Waals surface area contributed by atoms with Crippen molar-refractivity contribution in [1.82, 2.24) is 0 Å². The van der Waals surface area contributed by atoms with Crippen LogP contribution in [0.25, 0.3) is 0 Å². The van der Waals surface area contributed by atoms with Crippen LogP contribution in [0.15, 0.2) is 117 Å². The van der Waals surface area contributed by atoms with Gasteiger partial charge in [0.1, 0.15) is 21.2 Å². The van der Waals surface area contributed by atoms with Crippen LogP contribution in [-0.4, -0.2) is 92.6 Å². The second-order valence-corrected chi connectivity index (χ2v) is 15.6. The molecular weight excluding hydrogens is 824 g/mol. The predicted molar refractivity (Wildman–Crippen MR) is 209 cm³/mol. The fourth-order valence-corrected chi connectivity index (χ4v) is 7.46. The molecule has 0 radical (unpaired) electrons. The number of Topliss-reactive ketones (excluding diaryl/α,β-unsaturated/α-hetero) is 1. The molecule has 0 aromatic heterocycles. The standard InChI is InChI=1S/C18H15ClN2O6S.C17H15ClN2O4S.CH4.Ca/c1-9-6-15(28(25,26)27)14(8-13(9)19)20-21-16-11-5-3-2-4-10(11)7-12(17(16)22)18(23)24;1-10-8-16(25(22,23)24)14(9-13(10)18)19-20-17-12-5-3-2-4-11(12)6-7-15(17)21;;/h2-8,10-11,20H,1H3,(H,23,24)(H,25,26,27);2-9,11-12,19H,1H3,(H,22,23,24);1H4;/q;;;+2/p-1/b21-16-;20-17-;;. The van der Waals surface area contributed by atoms with Gasteiger partial charge in [-0.3, -0.25) is 29.5 Å². The van der Waals surface area contributed by atoms with E-state index in [0.29, 0.717) is 16.1 Å². The van der Waals surface area contributed by atoms with E-state index in [0.717, 1.165) is 6.07 Å². The Kier molecular flexibility index (Phi) is 15.4. The molecule has 0 aliphatic heterocycles. The number of carboxylic acid groups (broad SMARTS) is 1. The number of carbonyl (C=O) groups excluding carboxylic acids is 3. The van der Waals surface area contributed by atoms with Gasteiger partial charge in [-0.2, -0.15) is 27.0 Å². The van der Waals surface area contributed by atoms with E-state index in [4.69, 9.17) is 23.2 Å². The Morgan fingerprint density at radius 1 is 0.727 bits per heavy atom. The summed E-state index contributed by atoms with van der Waals surface area (Å²) >= 11 is 12.0. The van der Waals surface area contributed by atoms with Gasteiger partial charge in [0.2, 0.25) is 11.6 Å². The van der Waals surface area contributed by atoms with E-state index < -0.39 is 54.3 Å².